The van der Waals surface area contributed by atoms with Crippen molar-refractivity contribution in [2.45, 2.75) is 19.5 Å². The number of alkyl halides is 3. The zero-order valence-corrected chi connectivity index (χ0v) is 12.0. The summed E-state index contributed by atoms with van der Waals surface area (Å²) in [6, 6.07) is 2.45. The molecule has 4 nitrogen and oxygen atoms in total. The zero-order chi connectivity index (χ0) is 14.8. The zero-order valence-electron chi connectivity index (χ0n) is 10.5. The van der Waals surface area contributed by atoms with E-state index in [1.165, 1.54) is 6.26 Å². The van der Waals surface area contributed by atoms with E-state index in [9.17, 15) is 13.2 Å². The van der Waals surface area contributed by atoms with Crippen LogP contribution in [0.25, 0.3) is 11.5 Å². The molecule has 0 unspecified atom stereocenters. The number of anilines is 1. The van der Waals surface area contributed by atoms with Crippen molar-refractivity contribution in [3.8, 4) is 11.5 Å². The Morgan fingerprint density at radius 1 is 1.35 bits per heavy atom. The maximum atomic E-state index is 12.9. The molecule has 0 atom stereocenters. The molecule has 108 valence electrons. The molecule has 0 aliphatic heterocycles. The van der Waals surface area contributed by atoms with Gasteiger partial charge in [0.2, 0.25) is 5.95 Å². The van der Waals surface area contributed by atoms with Crippen molar-refractivity contribution < 1.29 is 17.6 Å². The van der Waals surface area contributed by atoms with Crippen molar-refractivity contribution in [1.29, 1.82) is 0 Å². The lowest BCUT2D eigenvalue weighted by atomic mass is 10.2. The van der Waals surface area contributed by atoms with E-state index in [0.717, 1.165) is 12.5 Å². The van der Waals surface area contributed by atoms with Crippen molar-refractivity contribution in [3.05, 3.63) is 28.6 Å². The van der Waals surface area contributed by atoms with E-state index in [0.29, 0.717) is 11.0 Å². The number of rotatable bonds is 4. The molecule has 0 bridgehead atoms. The Morgan fingerprint density at radius 3 is 2.65 bits per heavy atom. The second-order valence-electron chi connectivity index (χ2n) is 3.98. The molecular formula is C12H11BrF3N3O. The molecule has 0 aliphatic rings. The second-order valence-corrected chi connectivity index (χ2v) is 4.84. The predicted molar refractivity (Wildman–Crippen MR) is 71.2 cm³/mol. The fourth-order valence-electron chi connectivity index (χ4n) is 1.50. The summed E-state index contributed by atoms with van der Waals surface area (Å²) in [5.74, 6) is 0.164. The number of halogens is 4. The van der Waals surface area contributed by atoms with E-state index in [4.69, 9.17) is 4.42 Å². The van der Waals surface area contributed by atoms with Gasteiger partial charge in [-0.2, -0.15) is 13.2 Å². The summed E-state index contributed by atoms with van der Waals surface area (Å²) in [5.41, 5.74) is -0.938. The van der Waals surface area contributed by atoms with Crippen molar-refractivity contribution in [3.63, 3.8) is 0 Å². The van der Waals surface area contributed by atoms with Gasteiger partial charge in [0, 0.05) is 6.54 Å². The average Bonchev–Trinajstić information content (AvgIpc) is 2.81. The third kappa shape index (κ3) is 3.30. The number of nitrogens with one attached hydrogen (secondary N) is 1. The summed E-state index contributed by atoms with van der Waals surface area (Å²) in [6.45, 7) is 2.38. The Kier molecular flexibility index (Phi) is 4.32. The highest BCUT2D eigenvalue weighted by Crippen LogP contribution is 2.33. The molecule has 0 saturated heterocycles. The largest absolute Gasteiger partial charge is 0.461 e. The van der Waals surface area contributed by atoms with Crippen LogP contribution in [-0.4, -0.2) is 16.5 Å². The maximum Gasteiger partial charge on any atom is 0.433 e. The third-order valence-electron chi connectivity index (χ3n) is 2.40. The van der Waals surface area contributed by atoms with Gasteiger partial charge in [-0.15, -0.1) is 0 Å². The Balaban J connectivity index is 2.48. The van der Waals surface area contributed by atoms with Gasteiger partial charge in [0.25, 0.3) is 0 Å². The first-order valence-electron chi connectivity index (χ1n) is 5.85. The van der Waals surface area contributed by atoms with Crippen molar-refractivity contribution >= 4 is 21.9 Å². The normalized spacial score (nSPS) is 11.7. The summed E-state index contributed by atoms with van der Waals surface area (Å²) >= 11 is 3.20. The molecule has 1 N–H and O–H groups in total. The molecule has 0 amide bonds. The third-order valence-corrected chi connectivity index (χ3v) is 3.02. The highest BCUT2D eigenvalue weighted by molar-refractivity contribution is 9.10. The molecular weight excluding hydrogens is 339 g/mol. The predicted octanol–water partition coefficient (Wildman–Crippen LogP) is 4.34. The van der Waals surface area contributed by atoms with Crippen LogP contribution in [-0.2, 0) is 6.18 Å². The van der Waals surface area contributed by atoms with Gasteiger partial charge in [0.15, 0.2) is 11.5 Å². The first kappa shape index (κ1) is 14.8. The van der Waals surface area contributed by atoms with E-state index >= 15 is 0 Å². The minimum Gasteiger partial charge on any atom is -0.461 e. The lowest BCUT2D eigenvalue weighted by Gasteiger charge is -2.10. The Hall–Kier alpha value is -1.57. The SMILES string of the molecule is CCCNc1nc(-c2occc2Br)cc(C(F)(F)F)n1. The van der Waals surface area contributed by atoms with E-state index in [-0.39, 0.29) is 17.4 Å². The summed E-state index contributed by atoms with van der Waals surface area (Å²) in [5, 5.41) is 2.75. The van der Waals surface area contributed by atoms with E-state index in [2.05, 4.69) is 31.2 Å². The molecule has 2 heterocycles. The topological polar surface area (TPSA) is 51.0 Å². The molecule has 20 heavy (non-hydrogen) atoms. The smallest absolute Gasteiger partial charge is 0.433 e. The van der Waals surface area contributed by atoms with Gasteiger partial charge in [-0.1, -0.05) is 6.92 Å². The van der Waals surface area contributed by atoms with Gasteiger partial charge >= 0.3 is 6.18 Å². The number of aromatic nitrogens is 2. The van der Waals surface area contributed by atoms with E-state index < -0.39 is 11.9 Å². The molecule has 0 radical (unpaired) electrons. The molecule has 0 saturated carbocycles. The van der Waals surface area contributed by atoms with Gasteiger partial charge in [-0.05, 0) is 34.5 Å². The monoisotopic (exact) mass is 349 g/mol. The summed E-state index contributed by atoms with van der Waals surface area (Å²) in [7, 11) is 0. The minimum absolute atomic E-state index is 0.0695. The van der Waals surface area contributed by atoms with Crippen molar-refractivity contribution in [2.75, 3.05) is 11.9 Å². The number of hydrogen-bond donors (Lipinski definition) is 1. The van der Waals surface area contributed by atoms with Gasteiger partial charge < -0.3 is 9.73 Å². The number of nitrogens with zero attached hydrogens (tertiary/aromatic N) is 2. The van der Waals surface area contributed by atoms with Gasteiger partial charge in [-0.3, -0.25) is 0 Å². The Morgan fingerprint density at radius 2 is 2.10 bits per heavy atom. The van der Waals surface area contributed by atoms with Crippen molar-refractivity contribution in [2.24, 2.45) is 0 Å². The Labute approximate surface area is 121 Å². The molecule has 0 spiro atoms. The summed E-state index contributed by atoms with van der Waals surface area (Å²) < 4.78 is 44.2. The van der Waals surface area contributed by atoms with Gasteiger partial charge in [0.05, 0.1) is 10.7 Å². The van der Waals surface area contributed by atoms with Crippen LogP contribution in [0.4, 0.5) is 19.1 Å². The van der Waals surface area contributed by atoms with Gasteiger partial charge in [0.1, 0.15) is 5.69 Å². The highest BCUT2D eigenvalue weighted by Gasteiger charge is 2.34. The number of furan rings is 1. The maximum absolute atomic E-state index is 12.9. The fourth-order valence-corrected chi connectivity index (χ4v) is 1.91. The van der Waals surface area contributed by atoms with Crippen LogP contribution in [0.3, 0.4) is 0 Å². The van der Waals surface area contributed by atoms with Crippen molar-refractivity contribution in [1.82, 2.24) is 9.97 Å². The van der Waals surface area contributed by atoms with Crippen LogP contribution in [0.15, 0.2) is 27.3 Å². The molecule has 2 rings (SSSR count). The van der Waals surface area contributed by atoms with Crippen LogP contribution in [0.5, 0.6) is 0 Å². The Bertz CT molecular complexity index is 598. The van der Waals surface area contributed by atoms with Crippen LogP contribution in [0.1, 0.15) is 19.0 Å². The quantitative estimate of drug-likeness (QED) is 0.891. The number of hydrogen-bond acceptors (Lipinski definition) is 4. The van der Waals surface area contributed by atoms with E-state index in [1.54, 1.807) is 6.07 Å². The standard InChI is InChI=1S/C12H11BrF3N3O/c1-2-4-17-11-18-8(10-7(13)3-5-20-10)6-9(19-11)12(14,15)16/h3,5-6H,2,4H2,1H3,(H,17,18,19). The van der Waals surface area contributed by atoms with Crippen LogP contribution < -0.4 is 5.32 Å². The van der Waals surface area contributed by atoms with E-state index in [1.807, 2.05) is 6.92 Å². The van der Waals surface area contributed by atoms with Gasteiger partial charge in [-0.25, -0.2) is 9.97 Å². The lowest BCUT2D eigenvalue weighted by molar-refractivity contribution is -0.141. The molecule has 0 fully saturated rings. The molecule has 2 aromatic heterocycles. The molecule has 0 aliphatic carbocycles. The second kappa shape index (κ2) is 5.82. The minimum atomic E-state index is -4.54. The fraction of sp³-hybridized carbons (Fsp3) is 0.333. The summed E-state index contributed by atoms with van der Waals surface area (Å²) in [6.07, 6.45) is -2.42. The summed E-state index contributed by atoms with van der Waals surface area (Å²) in [4.78, 5) is 7.52. The molecule has 2 aromatic rings. The van der Waals surface area contributed by atoms with Crippen LogP contribution in [0.2, 0.25) is 0 Å². The highest BCUT2D eigenvalue weighted by atomic mass is 79.9. The average molecular weight is 350 g/mol. The first-order chi connectivity index (χ1) is 9.41. The van der Waals surface area contributed by atoms with Crippen LogP contribution >= 0.6 is 15.9 Å². The van der Waals surface area contributed by atoms with Crippen LogP contribution in [0, 0.1) is 0 Å². The lowest BCUT2D eigenvalue weighted by Crippen LogP contribution is -2.13. The molecule has 8 heteroatoms. The first-order valence-corrected chi connectivity index (χ1v) is 6.64. The molecule has 0 aromatic carbocycles.